The average molecular weight is 242 g/mol. The van der Waals surface area contributed by atoms with Crippen LogP contribution in [0.15, 0.2) is 18.2 Å². The molecule has 0 radical (unpaired) electrons. The summed E-state index contributed by atoms with van der Waals surface area (Å²) in [6.45, 7) is 1.85. The summed E-state index contributed by atoms with van der Waals surface area (Å²) in [5, 5.41) is 9.48. The molecular formula is C12H18O5. The number of benzene rings is 1. The maximum atomic E-state index is 9.48. The molecule has 0 fully saturated rings. The van der Waals surface area contributed by atoms with Crippen LogP contribution >= 0.6 is 0 Å². The molecule has 0 saturated heterocycles. The highest BCUT2D eigenvalue weighted by Gasteiger charge is 2.02. The molecule has 17 heavy (non-hydrogen) atoms. The van der Waals surface area contributed by atoms with Crippen LogP contribution in [0.4, 0.5) is 0 Å². The van der Waals surface area contributed by atoms with Crippen LogP contribution in [-0.2, 0) is 9.47 Å². The SMILES string of the molecule is COCCOc1cc(O)cc(OCCOC)c1. The zero-order chi connectivity index (χ0) is 12.5. The van der Waals surface area contributed by atoms with Gasteiger partial charge in [-0.2, -0.15) is 0 Å². The standard InChI is InChI=1S/C12H18O5/c1-14-3-5-16-11-7-10(13)8-12(9-11)17-6-4-15-2/h7-9,13H,3-6H2,1-2H3. The quantitative estimate of drug-likeness (QED) is 0.699. The van der Waals surface area contributed by atoms with Crippen LogP contribution in [0.2, 0.25) is 0 Å². The molecule has 1 rings (SSSR count). The van der Waals surface area contributed by atoms with Gasteiger partial charge in [-0.1, -0.05) is 0 Å². The molecule has 0 atom stereocenters. The van der Waals surface area contributed by atoms with Crippen molar-refractivity contribution in [2.75, 3.05) is 40.6 Å². The molecule has 0 bridgehead atoms. The largest absolute Gasteiger partial charge is 0.508 e. The molecule has 1 aromatic rings. The van der Waals surface area contributed by atoms with Gasteiger partial charge in [-0.05, 0) is 0 Å². The summed E-state index contributed by atoms with van der Waals surface area (Å²) >= 11 is 0. The molecule has 5 heteroatoms. The van der Waals surface area contributed by atoms with Gasteiger partial charge in [0.1, 0.15) is 30.5 Å². The van der Waals surface area contributed by atoms with Gasteiger partial charge < -0.3 is 24.1 Å². The van der Waals surface area contributed by atoms with Gasteiger partial charge in [-0.15, -0.1) is 0 Å². The first-order chi connectivity index (χ1) is 8.26. The first kappa shape index (κ1) is 13.6. The Morgan fingerprint density at radius 3 is 1.71 bits per heavy atom. The number of aromatic hydroxyl groups is 1. The summed E-state index contributed by atoms with van der Waals surface area (Å²) < 4.78 is 20.5. The van der Waals surface area contributed by atoms with Gasteiger partial charge in [-0.25, -0.2) is 0 Å². The van der Waals surface area contributed by atoms with Crippen molar-refractivity contribution in [3.8, 4) is 17.2 Å². The Morgan fingerprint density at radius 2 is 1.29 bits per heavy atom. The Morgan fingerprint density at radius 1 is 0.824 bits per heavy atom. The van der Waals surface area contributed by atoms with E-state index < -0.39 is 0 Å². The van der Waals surface area contributed by atoms with E-state index in [1.807, 2.05) is 0 Å². The van der Waals surface area contributed by atoms with Crippen molar-refractivity contribution in [3.63, 3.8) is 0 Å². The maximum absolute atomic E-state index is 9.48. The van der Waals surface area contributed by atoms with Crippen molar-refractivity contribution >= 4 is 0 Å². The molecule has 0 aliphatic rings. The highest BCUT2D eigenvalue weighted by Crippen LogP contribution is 2.26. The van der Waals surface area contributed by atoms with E-state index in [0.29, 0.717) is 37.9 Å². The number of hydrogen-bond donors (Lipinski definition) is 1. The molecule has 96 valence electrons. The van der Waals surface area contributed by atoms with E-state index in [9.17, 15) is 5.11 Å². The molecule has 0 unspecified atom stereocenters. The van der Waals surface area contributed by atoms with Crippen molar-refractivity contribution in [1.29, 1.82) is 0 Å². The van der Waals surface area contributed by atoms with Crippen LogP contribution in [-0.4, -0.2) is 45.8 Å². The Hall–Kier alpha value is -1.46. The molecular weight excluding hydrogens is 224 g/mol. The average Bonchev–Trinajstić information content (AvgIpc) is 2.29. The summed E-state index contributed by atoms with van der Waals surface area (Å²) in [6, 6.07) is 4.77. The molecule has 0 saturated carbocycles. The van der Waals surface area contributed by atoms with E-state index in [1.54, 1.807) is 20.3 Å². The summed E-state index contributed by atoms with van der Waals surface area (Å²) in [4.78, 5) is 0. The van der Waals surface area contributed by atoms with E-state index in [-0.39, 0.29) is 5.75 Å². The normalized spacial score (nSPS) is 10.2. The highest BCUT2D eigenvalue weighted by molar-refractivity contribution is 5.41. The van der Waals surface area contributed by atoms with Gasteiger partial charge in [0.25, 0.3) is 0 Å². The molecule has 0 heterocycles. The zero-order valence-electron chi connectivity index (χ0n) is 10.1. The van der Waals surface area contributed by atoms with Gasteiger partial charge in [0.2, 0.25) is 0 Å². The molecule has 5 nitrogen and oxygen atoms in total. The smallest absolute Gasteiger partial charge is 0.126 e. The van der Waals surface area contributed by atoms with E-state index in [1.165, 1.54) is 12.1 Å². The minimum absolute atomic E-state index is 0.104. The van der Waals surface area contributed by atoms with Crippen LogP contribution in [0.25, 0.3) is 0 Å². The molecule has 1 N–H and O–H groups in total. The fraction of sp³-hybridized carbons (Fsp3) is 0.500. The Balaban J connectivity index is 2.53. The minimum atomic E-state index is 0.104. The summed E-state index contributed by atoms with van der Waals surface area (Å²) in [5.74, 6) is 1.20. The Kier molecular flexibility index (Phi) is 6.21. The van der Waals surface area contributed by atoms with Crippen molar-refractivity contribution < 1.29 is 24.1 Å². The number of methoxy groups -OCH3 is 2. The fourth-order valence-electron chi connectivity index (χ4n) is 1.21. The molecule has 1 aromatic carbocycles. The van der Waals surface area contributed by atoms with Gasteiger partial charge in [0.05, 0.1) is 13.2 Å². The van der Waals surface area contributed by atoms with Gasteiger partial charge in [0.15, 0.2) is 0 Å². The predicted molar refractivity (Wildman–Crippen MR) is 62.8 cm³/mol. The molecule has 0 amide bonds. The third kappa shape index (κ3) is 5.42. The van der Waals surface area contributed by atoms with E-state index in [4.69, 9.17) is 18.9 Å². The van der Waals surface area contributed by atoms with Crippen molar-refractivity contribution in [3.05, 3.63) is 18.2 Å². The topological polar surface area (TPSA) is 57.2 Å². The monoisotopic (exact) mass is 242 g/mol. The molecule has 0 aliphatic heterocycles. The summed E-state index contributed by atoms with van der Waals surface area (Å²) in [6.07, 6.45) is 0. The van der Waals surface area contributed by atoms with Crippen LogP contribution < -0.4 is 9.47 Å². The van der Waals surface area contributed by atoms with Gasteiger partial charge in [0, 0.05) is 32.4 Å². The predicted octanol–water partition coefficient (Wildman–Crippen LogP) is 1.44. The fourth-order valence-corrected chi connectivity index (χ4v) is 1.21. The summed E-state index contributed by atoms with van der Waals surface area (Å²) in [5.41, 5.74) is 0. The second kappa shape index (κ2) is 7.76. The third-order valence-corrected chi connectivity index (χ3v) is 1.98. The Labute approximate surface area is 101 Å². The second-order valence-electron chi connectivity index (χ2n) is 3.35. The first-order valence-electron chi connectivity index (χ1n) is 5.34. The Bertz CT molecular complexity index is 298. The van der Waals surface area contributed by atoms with Crippen LogP contribution in [0.1, 0.15) is 0 Å². The number of phenols is 1. The van der Waals surface area contributed by atoms with Gasteiger partial charge >= 0.3 is 0 Å². The number of ether oxygens (including phenoxy) is 4. The lowest BCUT2D eigenvalue weighted by Gasteiger charge is -2.10. The van der Waals surface area contributed by atoms with Crippen LogP contribution in [0.3, 0.4) is 0 Å². The lowest BCUT2D eigenvalue weighted by atomic mass is 10.3. The first-order valence-corrected chi connectivity index (χ1v) is 5.34. The molecule has 0 aliphatic carbocycles. The number of hydrogen-bond acceptors (Lipinski definition) is 5. The third-order valence-electron chi connectivity index (χ3n) is 1.98. The van der Waals surface area contributed by atoms with Crippen molar-refractivity contribution in [2.24, 2.45) is 0 Å². The molecule has 0 aromatic heterocycles. The zero-order valence-corrected chi connectivity index (χ0v) is 10.1. The second-order valence-corrected chi connectivity index (χ2v) is 3.35. The number of rotatable bonds is 8. The lowest BCUT2D eigenvalue weighted by Crippen LogP contribution is -2.06. The van der Waals surface area contributed by atoms with Crippen LogP contribution in [0.5, 0.6) is 17.2 Å². The van der Waals surface area contributed by atoms with Gasteiger partial charge in [-0.3, -0.25) is 0 Å². The van der Waals surface area contributed by atoms with E-state index >= 15 is 0 Å². The van der Waals surface area contributed by atoms with E-state index in [2.05, 4.69) is 0 Å². The lowest BCUT2D eigenvalue weighted by molar-refractivity contribution is 0.142. The minimum Gasteiger partial charge on any atom is -0.508 e. The van der Waals surface area contributed by atoms with Crippen molar-refractivity contribution in [2.45, 2.75) is 0 Å². The van der Waals surface area contributed by atoms with Crippen LogP contribution in [0, 0.1) is 0 Å². The maximum Gasteiger partial charge on any atom is 0.126 e. The highest BCUT2D eigenvalue weighted by atomic mass is 16.5. The van der Waals surface area contributed by atoms with Crippen molar-refractivity contribution in [1.82, 2.24) is 0 Å². The molecule has 0 spiro atoms. The summed E-state index contributed by atoms with van der Waals surface area (Å²) in [7, 11) is 3.20. The number of phenolic OH excluding ortho intramolecular Hbond substituents is 1. The van der Waals surface area contributed by atoms with E-state index in [0.717, 1.165) is 0 Å².